The van der Waals surface area contributed by atoms with Gasteiger partial charge in [0.05, 0.1) is 0 Å². The summed E-state index contributed by atoms with van der Waals surface area (Å²) in [4.78, 5) is 0. The summed E-state index contributed by atoms with van der Waals surface area (Å²) in [6.07, 6.45) is 0. The second kappa shape index (κ2) is 3.03. The fraction of sp³-hybridized carbons (Fsp3) is 0.222. The van der Waals surface area contributed by atoms with E-state index in [1.165, 1.54) is 0 Å². The maximum atomic E-state index is 5.39. The highest BCUT2D eigenvalue weighted by molar-refractivity contribution is 5.48. The summed E-state index contributed by atoms with van der Waals surface area (Å²) in [5.74, 6) is 1.64. The maximum Gasteiger partial charge on any atom is 0.167 e. The second-order valence-electron chi connectivity index (χ2n) is 2.61. The molecule has 0 aliphatic carbocycles. The number of rotatable bonds is 1. The number of ether oxygens (including phenoxy) is 2. The van der Waals surface area contributed by atoms with E-state index in [1.807, 2.05) is 18.2 Å². The van der Waals surface area contributed by atoms with Crippen LogP contribution in [0.4, 0.5) is 5.69 Å². The van der Waals surface area contributed by atoms with E-state index in [0.717, 1.165) is 17.2 Å². The summed E-state index contributed by atoms with van der Waals surface area (Å²) in [7, 11) is 3.68. The fourth-order valence-electron chi connectivity index (χ4n) is 1.19. The van der Waals surface area contributed by atoms with Gasteiger partial charge < -0.3 is 14.8 Å². The van der Waals surface area contributed by atoms with Gasteiger partial charge in [0.15, 0.2) is 11.5 Å². The van der Waals surface area contributed by atoms with Crippen molar-refractivity contribution in [3.8, 4) is 11.5 Å². The van der Waals surface area contributed by atoms with Gasteiger partial charge in [0.1, 0.15) is 18.9 Å². The molecular formula is C9H11NO2. The largest absolute Gasteiger partial charge is 0.486 e. The average Bonchev–Trinajstić information content (AvgIpc) is 2.17. The molecule has 0 saturated heterocycles. The average molecular weight is 165 g/mol. The standard InChI is InChI=1S/C9H11NO2/c1-10-7-2-3-8-9(6-7)12-5-4-11-8/h2-3,6H,1,4-5,10H2. The van der Waals surface area contributed by atoms with Crippen LogP contribution in [0.15, 0.2) is 18.2 Å². The van der Waals surface area contributed by atoms with Gasteiger partial charge in [-0.2, -0.15) is 0 Å². The first-order valence-electron chi connectivity index (χ1n) is 3.92. The van der Waals surface area contributed by atoms with Crippen LogP contribution in [0.5, 0.6) is 11.5 Å². The number of benzene rings is 1. The molecule has 12 heavy (non-hydrogen) atoms. The Kier molecular flexibility index (Phi) is 1.87. The van der Waals surface area contributed by atoms with Crippen molar-refractivity contribution in [2.45, 2.75) is 0 Å². The zero-order chi connectivity index (χ0) is 8.39. The summed E-state index contributed by atoms with van der Waals surface area (Å²) in [5, 5.41) is 1.79. The van der Waals surface area contributed by atoms with E-state index < -0.39 is 0 Å². The highest BCUT2D eigenvalue weighted by Crippen LogP contribution is 2.30. The highest BCUT2D eigenvalue weighted by atomic mass is 16.6. The summed E-state index contributed by atoms with van der Waals surface area (Å²) in [6, 6.07) is 5.80. The van der Waals surface area contributed by atoms with Crippen LogP contribution in [0.25, 0.3) is 0 Å². The number of hydrogen-bond donors (Lipinski definition) is 1. The van der Waals surface area contributed by atoms with E-state index in [9.17, 15) is 0 Å². The van der Waals surface area contributed by atoms with E-state index in [1.54, 1.807) is 5.32 Å². The molecule has 2 N–H and O–H groups in total. The minimum absolute atomic E-state index is 0.633. The van der Waals surface area contributed by atoms with Crippen molar-refractivity contribution in [1.29, 1.82) is 0 Å². The minimum atomic E-state index is 0.633. The molecule has 1 aromatic rings. The molecule has 64 valence electrons. The van der Waals surface area contributed by atoms with Crippen LogP contribution in [0.3, 0.4) is 0 Å². The van der Waals surface area contributed by atoms with Crippen molar-refractivity contribution < 1.29 is 14.8 Å². The molecule has 0 bridgehead atoms. The lowest BCUT2D eigenvalue weighted by Crippen LogP contribution is -2.69. The fourth-order valence-corrected chi connectivity index (χ4v) is 1.19. The van der Waals surface area contributed by atoms with Crippen LogP contribution in [-0.2, 0) is 0 Å². The molecule has 0 aromatic heterocycles. The molecule has 0 amide bonds. The first kappa shape index (κ1) is 7.43. The first-order chi connectivity index (χ1) is 5.90. The lowest BCUT2D eigenvalue weighted by molar-refractivity contribution is -0.504. The van der Waals surface area contributed by atoms with Crippen LogP contribution in [0, 0.1) is 7.05 Å². The molecule has 3 heteroatoms. The highest BCUT2D eigenvalue weighted by Gasteiger charge is 2.11. The third-order valence-corrected chi connectivity index (χ3v) is 1.80. The Morgan fingerprint density at radius 1 is 1.17 bits per heavy atom. The number of fused-ring (bicyclic) bond motifs is 1. The van der Waals surface area contributed by atoms with Crippen LogP contribution < -0.4 is 14.8 Å². The van der Waals surface area contributed by atoms with Crippen molar-refractivity contribution in [2.75, 3.05) is 13.2 Å². The molecule has 0 unspecified atom stereocenters. The zero-order valence-corrected chi connectivity index (χ0v) is 6.75. The topological polar surface area (TPSA) is 35.1 Å². The van der Waals surface area contributed by atoms with E-state index in [0.29, 0.717) is 13.2 Å². The van der Waals surface area contributed by atoms with Gasteiger partial charge in [0.25, 0.3) is 0 Å². The second-order valence-corrected chi connectivity index (χ2v) is 2.61. The van der Waals surface area contributed by atoms with E-state index in [-0.39, 0.29) is 0 Å². The van der Waals surface area contributed by atoms with Crippen LogP contribution in [0.1, 0.15) is 0 Å². The predicted octanol–water partition coefficient (Wildman–Crippen LogP) is 0.444. The number of nitrogens with two attached hydrogens (primary N) is 1. The van der Waals surface area contributed by atoms with Crippen molar-refractivity contribution in [1.82, 2.24) is 0 Å². The predicted molar refractivity (Wildman–Crippen MR) is 44.4 cm³/mol. The third kappa shape index (κ3) is 1.23. The van der Waals surface area contributed by atoms with Crippen LogP contribution in [0.2, 0.25) is 0 Å². The van der Waals surface area contributed by atoms with Gasteiger partial charge in [-0.15, -0.1) is 7.05 Å². The Hall–Kier alpha value is -1.22. The molecule has 2 rings (SSSR count). The zero-order valence-electron chi connectivity index (χ0n) is 6.75. The molecule has 0 radical (unpaired) electrons. The van der Waals surface area contributed by atoms with Gasteiger partial charge in [-0.05, 0) is 6.07 Å². The van der Waals surface area contributed by atoms with Gasteiger partial charge in [-0.25, -0.2) is 0 Å². The minimum Gasteiger partial charge on any atom is -0.486 e. The van der Waals surface area contributed by atoms with Gasteiger partial charge in [0.2, 0.25) is 0 Å². The summed E-state index contributed by atoms with van der Waals surface area (Å²) in [6.45, 7) is 1.27. The van der Waals surface area contributed by atoms with Crippen molar-refractivity contribution >= 4 is 5.69 Å². The van der Waals surface area contributed by atoms with Crippen LogP contribution in [-0.4, -0.2) is 13.2 Å². The molecule has 1 aliphatic heterocycles. The SMILES string of the molecule is [CH2-][NH2+]c1ccc2c(c1)OCCO2. The maximum absolute atomic E-state index is 5.39. The van der Waals surface area contributed by atoms with Gasteiger partial charge in [0, 0.05) is 12.1 Å². The quantitative estimate of drug-likeness (QED) is 0.484. The molecule has 0 atom stereocenters. The lowest BCUT2D eigenvalue weighted by atomic mass is 10.2. The summed E-state index contributed by atoms with van der Waals surface area (Å²) >= 11 is 0. The molecule has 1 aliphatic rings. The summed E-state index contributed by atoms with van der Waals surface area (Å²) in [5.41, 5.74) is 1.05. The Bertz CT molecular complexity index is 286. The monoisotopic (exact) mass is 165 g/mol. The third-order valence-electron chi connectivity index (χ3n) is 1.80. The van der Waals surface area contributed by atoms with E-state index in [2.05, 4.69) is 7.05 Å². The first-order valence-corrected chi connectivity index (χ1v) is 3.92. The molecule has 3 nitrogen and oxygen atoms in total. The molecule has 1 heterocycles. The molecule has 0 saturated carbocycles. The van der Waals surface area contributed by atoms with Crippen LogP contribution >= 0.6 is 0 Å². The number of hydrogen-bond acceptors (Lipinski definition) is 2. The van der Waals surface area contributed by atoms with Gasteiger partial charge >= 0.3 is 0 Å². The molecule has 0 fully saturated rings. The number of quaternary nitrogens is 1. The smallest absolute Gasteiger partial charge is 0.167 e. The Morgan fingerprint density at radius 3 is 2.67 bits per heavy atom. The van der Waals surface area contributed by atoms with Crippen molar-refractivity contribution in [3.63, 3.8) is 0 Å². The Morgan fingerprint density at radius 2 is 1.92 bits per heavy atom. The molecule has 0 spiro atoms. The molecular weight excluding hydrogens is 154 g/mol. The Balaban J connectivity index is 2.36. The normalized spacial score (nSPS) is 14.4. The van der Waals surface area contributed by atoms with E-state index in [4.69, 9.17) is 9.47 Å². The molecule has 1 aromatic carbocycles. The summed E-state index contributed by atoms with van der Waals surface area (Å²) < 4.78 is 10.8. The lowest BCUT2D eigenvalue weighted by Gasteiger charge is -2.18. The van der Waals surface area contributed by atoms with Gasteiger partial charge in [-0.1, -0.05) is 0 Å². The van der Waals surface area contributed by atoms with E-state index >= 15 is 0 Å². The Labute approximate surface area is 71.3 Å². The van der Waals surface area contributed by atoms with Crippen molar-refractivity contribution in [2.24, 2.45) is 0 Å². The van der Waals surface area contributed by atoms with Crippen molar-refractivity contribution in [3.05, 3.63) is 25.2 Å². The van der Waals surface area contributed by atoms with Gasteiger partial charge in [-0.3, -0.25) is 0 Å².